The lowest BCUT2D eigenvalue weighted by molar-refractivity contribution is -0.173. The number of aliphatic hydroxyl groups is 1. The van der Waals surface area contributed by atoms with Gasteiger partial charge >= 0.3 is 23.9 Å². The molecule has 1 fully saturated rings. The monoisotopic (exact) mass is 318 g/mol. The Kier molecular flexibility index (Phi) is 6.29. The van der Waals surface area contributed by atoms with E-state index in [-0.39, 0.29) is 25.7 Å². The van der Waals surface area contributed by atoms with Crippen molar-refractivity contribution in [2.75, 3.05) is 0 Å². The Morgan fingerprint density at radius 2 is 1.73 bits per heavy atom. The highest BCUT2D eigenvalue weighted by atomic mass is 16.6. The Hall–Kier alpha value is -2.16. The average molecular weight is 318 g/mol. The standard InChI is InChI=1S/C13H18O9/c14-8-5-6(11(17)18)1-2-7(8)13(21)22-9(12(19)20)3-4-10(15)16/h6-9,14H,1-5H2,(H,15,16)(H,17,18)(H,19,20). The van der Waals surface area contributed by atoms with Gasteiger partial charge in [0.15, 0.2) is 6.10 Å². The largest absolute Gasteiger partial charge is 0.481 e. The van der Waals surface area contributed by atoms with Gasteiger partial charge in [0.1, 0.15) is 0 Å². The number of carboxylic acid groups (broad SMARTS) is 3. The molecule has 0 bridgehead atoms. The van der Waals surface area contributed by atoms with Gasteiger partial charge in [0.05, 0.1) is 17.9 Å². The van der Waals surface area contributed by atoms with Crippen molar-refractivity contribution in [3.63, 3.8) is 0 Å². The molecule has 9 nitrogen and oxygen atoms in total. The SMILES string of the molecule is O=C(O)CCC(OC(=O)C1CCC(C(=O)O)CC1O)C(=O)O. The minimum Gasteiger partial charge on any atom is -0.481 e. The maximum Gasteiger partial charge on any atom is 0.345 e. The lowest BCUT2D eigenvalue weighted by Gasteiger charge is -2.30. The molecule has 0 aliphatic heterocycles. The molecule has 1 rings (SSSR count). The quantitative estimate of drug-likeness (QED) is 0.462. The molecule has 22 heavy (non-hydrogen) atoms. The summed E-state index contributed by atoms with van der Waals surface area (Å²) in [5.74, 6) is -6.44. The van der Waals surface area contributed by atoms with Gasteiger partial charge in [0.25, 0.3) is 0 Å². The Labute approximate surface area is 125 Å². The molecule has 0 heterocycles. The first-order valence-electron chi connectivity index (χ1n) is 6.78. The number of aliphatic hydroxyl groups excluding tert-OH is 1. The fraction of sp³-hybridized carbons (Fsp3) is 0.692. The first kappa shape index (κ1) is 17.9. The maximum absolute atomic E-state index is 11.9. The Bertz CT molecular complexity index is 458. The number of carbonyl (C=O) groups is 4. The van der Waals surface area contributed by atoms with E-state index in [4.69, 9.17) is 20.1 Å². The molecule has 124 valence electrons. The number of carboxylic acids is 3. The van der Waals surface area contributed by atoms with Crippen molar-refractivity contribution in [2.45, 2.75) is 44.3 Å². The summed E-state index contributed by atoms with van der Waals surface area (Å²) >= 11 is 0. The van der Waals surface area contributed by atoms with Gasteiger partial charge in [0.2, 0.25) is 0 Å². The van der Waals surface area contributed by atoms with E-state index < -0.39 is 54.3 Å². The zero-order valence-corrected chi connectivity index (χ0v) is 11.7. The van der Waals surface area contributed by atoms with Crippen molar-refractivity contribution in [3.8, 4) is 0 Å². The summed E-state index contributed by atoms with van der Waals surface area (Å²) < 4.78 is 4.76. The van der Waals surface area contributed by atoms with Crippen molar-refractivity contribution in [1.29, 1.82) is 0 Å². The van der Waals surface area contributed by atoms with Gasteiger partial charge in [-0.3, -0.25) is 14.4 Å². The molecule has 1 aliphatic carbocycles. The second kappa shape index (κ2) is 7.74. The molecule has 0 aromatic carbocycles. The number of esters is 1. The fourth-order valence-corrected chi connectivity index (χ4v) is 2.36. The van der Waals surface area contributed by atoms with Crippen molar-refractivity contribution in [1.82, 2.24) is 0 Å². The number of ether oxygens (including phenoxy) is 1. The first-order chi connectivity index (χ1) is 10.2. The predicted octanol–water partition coefficient (Wildman–Crippen LogP) is -0.291. The Morgan fingerprint density at radius 1 is 1.09 bits per heavy atom. The zero-order chi connectivity index (χ0) is 16.9. The highest BCUT2D eigenvalue weighted by Gasteiger charge is 2.39. The molecule has 1 saturated carbocycles. The van der Waals surface area contributed by atoms with Crippen LogP contribution >= 0.6 is 0 Å². The molecule has 0 radical (unpaired) electrons. The summed E-state index contributed by atoms with van der Waals surface area (Å²) in [5, 5.41) is 36.1. The third-order valence-electron chi connectivity index (χ3n) is 3.62. The van der Waals surface area contributed by atoms with E-state index in [1.54, 1.807) is 0 Å². The van der Waals surface area contributed by atoms with Gasteiger partial charge in [-0.05, 0) is 19.3 Å². The topological polar surface area (TPSA) is 158 Å². The summed E-state index contributed by atoms with van der Waals surface area (Å²) in [6.07, 6.45) is -3.54. The zero-order valence-electron chi connectivity index (χ0n) is 11.7. The number of aliphatic carboxylic acids is 3. The van der Waals surface area contributed by atoms with Crippen molar-refractivity contribution in [3.05, 3.63) is 0 Å². The number of rotatable bonds is 7. The molecule has 0 spiro atoms. The lowest BCUT2D eigenvalue weighted by Crippen LogP contribution is -2.40. The number of hydrogen-bond acceptors (Lipinski definition) is 6. The second-order valence-corrected chi connectivity index (χ2v) is 5.22. The van der Waals surface area contributed by atoms with E-state index in [0.717, 1.165) is 0 Å². The molecule has 9 heteroatoms. The van der Waals surface area contributed by atoms with E-state index in [9.17, 15) is 24.3 Å². The normalized spacial score (nSPS) is 26.0. The summed E-state index contributed by atoms with van der Waals surface area (Å²) in [7, 11) is 0. The van der Waals surface area contributed by atoms with Crippen molar-refractivity contribution >= 4 is 23.9 Å². The van der Waals surface area contributed by atoms with E-state index in [1.165, 1.54) is 0 Å². The van der Waals surface area contributed by atoms with Crippen LogP contribution in [0, 0.1) is 11.8 Å². The van der Waals surface area contributed by atoms with Crippen LogP contribution in [-0.2, 0) is 23.9 Å². The minimum atomic E-state index is -1.60. The minimum absolute atomic E-state index is 0.0717. The van der Waals surface area contributed by atoms with Crippen LogP contribution in [0.5, 0.6) is 0 Å². The van der Waals surface area contributed by atoms with Crippen LogP contribution in [0.15, 0.2) is 0 Å². The van der Waals surface area contributed by atoms with Crippen molar-refractivity contribution in [2.24, 2.45) is 11.8 Å². The summed E-state index contributed by atoms with van der Waals surface area (Å²) in [6, 6.07) is 0. The third kappa shape index (κ3) is 4.99. The van der Waals surface area contributed by atoms with Crippen molar-refractivity contribution < 1.29 is 44.3 Å². The van der Waals surface area contributed by atoms with Gasteiger partial charge in [-0.25, -0.2) is 4.79 Å². The van der Waals surface area contributed by atoms with Crippen LogP contribution in [-0.4, -0.2) is 56.5 Å². The second-order valence-electron chi connectivity index (χ2n) is 5.22. The highest BCUT2D eigenvalue weighted by molar-refractivity contribution is 5.80. The van der Waals surface area contributed by atoms with Crippen LogP contribution in [0.2, 0.25) is 0 Å². The van der Waals surface area contributed by atoms with Crippen LogP contribution in [0.25, 0.3) is 0 Å². The smallest absolute Gasteiger partial charge is 0.345 e. The van der Waals surface area contributed by atoms with Gasteiger partial charge in [-0.2, -0.15) is 0 Å². The molecule has 4 N–H and O–H groups in total. The maximum atomic E-state index is 11.9. The molecule has 0 amide bonds. The van der Waals surface area contributed by atoms with Gasteiger partial charge in [-0.15, -0.1) is 0 Å². The van der Waals surface area contributed by atoms with Gasteiger partial charge in [0, 0.05) is 12.8 Å². The van der Waals surface area contributed by atoms with Crippen LogP contribution in [0.3, 0.4) is 0 Å². The van der Waals surface area contributed by atoms with Crippen LogP contribution in [0.1, 0.15) is 32.1 Å². The number of carbonyl (C=O) groups excluding carboxylic acids is 1. The third-order valence-corrected chi connectivity index (χ3v) is 3.62. The molecule has 4 atom stereocenters. The van der Waals surface area contributed by atoms with E-state index in [2.05, 4.69) is 0 Å². The van der Waals surface area contributed by atoms with E-state index in [1.807, 2.05) is 0 Å². The van der Waals surface area contributed by atoms with E-state index >= 15 is 0 Å². The van der Waals surface area contributed by atoms with Crippen LogP contribution in [0.4, 0.5) is 0 Å². The lowest BCUT2D eigenvalue weighted by atomic mass is 9.80. The molecule has 0 saturated heterocycles. The Balaban J connectivity index is 2.61. The fourth-order valence-electron chi connectivity index (χ4n) is 2.36. The summed E-state index contributed by atoms with van der Waals surface area (Å²) in [4.78, 5) is 44.1. The summed E-state index contributed by atoms with van der Waals surface area (Å²) in [6.45, 7) is 0. The molecule has 4 unspecified atom stereocenters. The summed E-state index contributed by atoms with van der Waals surface area (Å²) in [5.41, 5.74) is 0. The van der Waals surface area contributed by atoms with Gasteiger partial charge in [-0.1, -0.05) is 0 Å². The number of hydrogen-bond donors (Lipinski definition) is 4. The highest BCUT2D eigenvalue weighted by Crippen LogP contribution is 2.30. The average Bonchev–Trinajstić information content (AvgIpc) is 2.42. The van der Waals surface area contributed by atoms with E-state index in [0.29, 0.717) is 0 Å². The molecular formula is C13H18O9. The van der Waals surface area contributed by atoms with Crippen LogP contribution < -0.4 is 0 Å². The molecule has 1 aliphatic rings. The Morgan fingerprint density at radius 3 is 2.18 bits per heavy atom. The molecule has 0 aromatic rings. The molecule has 0 aromatic heterocycles. The predicted molar refractivity (Wildman–Crippen MR) is 68.9 cm³/mol. The first-order valence-corrected chi connectivity index (χ1v) is 6.78. The van der Waals surface area contributed by atoms with Gasteiger partial charge < -0.3 is 25.2 Å². The molecular weight excluding hydrogens is 300 g/mol.